The Bertz CT molecular complexity index is 2530. The molecular formula is C51H63F3N6O7S. The molecule has 0 aliphatic carbocycles. The molecule has 68 heavy (non-hydrogen) atoms. The first kappa shape index (κ1) is 50.5. The standard InChI is InChI=1S/C51H63F3N6O7S/c1-30-21-37-36-11-8-9-12-40(36)57-44(37)45(60(30)28-51(6,7)54)43-38(52)23-35(24-39(43)53)67-20-19-65-17-10-18-66-27-42(62)58-47(50(3,4)5)49(64)59-26-34(61)22-41(59)48(63)55-25-32-13-15-33(16-14-32)46-31(2)56-29-68-46/h8-9,11-16,23-24,29-30,34,41,45,47,57,61H,10,17-22,25-28H2,1-7H3,(H,55,63)(H,58,62). The van der Waals surface area contributed by atoms with Gasteiger partial charge in [0.05, 0.1) is 34.8 Å². The highest BCUT2D eigenvalue weighted by atomic mass is 32.1. The van der Waals surface area contributed by atoms with Crippen molar-refractivity contribution in [2.45, 2.75) is 110 Å². The van der Waals surface area contributed by atoms with Gasteiger partial charge in [0.1, 0.15) is 48.4 Å². The third kappa shape index (κ3) is 12.1. The maximum Gasteiger partial charge on any atom is 0.246 e. The molecule has 0 bridgehead atoms. The van der Waals surface area contributed by atoms with E-state index >= 15 is 13.2 Å². The van der Waals surface area contributed by atoms with E-state index < -0.39 is 64.7 Å². The van der Waals surface area contributed by atoms with Gasteiger partial charge in [-0.2, -0.15) is 0 Å². The molecule has 3 aromatic carbocycles. The molecule has 5 atom stereocenters. The van der Waals surface area contributed by atoms with Crippen molar-refractivity contribution in [3.05, 3.63) is 106 Å². The second-order valence-electron chi connectivity index (χ2n) is 19.5. The number of aliphatic hydroxyl groups excluding tert-OH is 1. The number of carbonyl (C=O) groups is 3. The number of likely N-dealkylation sites (tertiary alicyclic amines) is 1. The molecule has 0 radical (unpaired) electrons. The average molecular weight is 961 g/mol. The molecule has 2 aliphatic rings. The quantitative estimate of drug-likeness (QED) is 0.0613. The monoisotopic (exact) mass is 960 g/mol. The van der Waals surface area contributed by atoms with Crippen molar-refractivity contribution < 1.29 is 46.9 Å². The molecule has 5 aromatic rings. The van der Waals surface area contributed by atoms with Gasteiger partial charge in [0.15, 0.2) is 0 Å². The number of hydrogen-bond donors (Lipinski definition) is 4. The highest BCUT2D eigenvalue weighted by molar-refractivity contribution is 7.13. The van der Waals surface area contributed by atoms with Crippen molar-refractivity contribution >= 4 is 40.0 Å². The molecule has 17 heteroatoms. The average Bonchev–Trinajstić information content (AvgIpc) is 4.00. The summed E-state index contributed by atoms with van der Waals surface area (Å²) in [6, 6.07) is 14.8. The number of alkyl halides is 1. The fourth-order valence-electron chi connectivity index (χ4n) is 9.14. The number of amides is 3. The van der Waals surface area contributed by atoms with Crippen molar-refractivity contribution in [1.82, 2.24) is 30.4 Å². The molecular weight excluding hydrogens is 898 g/mol. The van der Waals surface area contributed by atoms with Gasteiger partial charge in [-0.1, -0.05) is 63.2 Å². The number of halogens is 3. The molecule has 0 saturated carbocycles. The minimum absolute atomic E-state index is 0.00760. The molecule has 0 spiro atoms. The Kier molecular flexibility index (Phi) is 16.0. The van der Waals surface area contributed by atoms with Gasteiger partial charge in [-0.25, -0.2) is 18.2 Å². The van der Waals surface area contributed by atoms with E-state index in [-0.39, 0.29) is 76.4 Å². The minimum atomic E-state index is -1.61. The number of para-hydroxylation sites is 1. The maximum absolute atomic E-state index is 16.0. The lowest BCUT2D eigenvalue weighted by Crippen LogP contribution is -2.58. The van der Waals surface area contributed by atoms with Crippen molar-refractivity contribution in [3.63, 3.8) is 0 Å². The van der Waals surface area contributed by atoms with E-state index in [0.717, 1.165) is 50.3 Å². The zero-order chi connectivity index (χ0) is 48.9. The van der Waals surface area contributed by atoms with Crippen molar-refractivity contribution in [3.8, 4) is 16.2 Å². The number of aromatic amines is 1. The Hall–Kier alpha value is -5.33. The highest BCUT2D eigenvalue weighted by Crippen LogP contribution is 2.44. The summed E-state index contributed by atoms with van der Waals surface area (Å²) in [5.74, 6) is -3.00. The minimum Gasteiger partial charge on any atom is -0.491 e. The molecule has 7 rings (SSSR count). The summed E-state index contributed by atoms with van der Waals surface area (Å²) in [6.07, 6.45) is 0.195. The van der Waals surface area contributed by atoms with E-state index in [1.807, 2.05) is 67.3 Å². The number of aromatic nitrogens is 2. The van der Waals surface area contributed by atoms with E-state index in [1.54, 1.807) is 37.6 Å². The number of H-pyrrole nitrogens is 1. The molecule has 4 heterocycles. The second kappa shape index (κ2) is 21.5. The van der Waals surface area contributed by atoms with Crippen LogP contribution in [0.4, 0.5) is 13.2 Å². The Morgan fingerprint density at radius 2 is 1.69 bits per heavy atom. The predicted octanol–water partition coefficient (Wildman–Crippen LogP) is 7.57. The van der Waals surface area contributed by atoms with E-state index in [4.69, 9.17) is 14.2 Å². The molecule has 5 unspecified atom stereocenters. The lowest BCUT2D eigenvalue weighted by atomic mass is 9.85. The SMILES string of the molecule is Cc1ncsc1-c1ccc(CNC(=O)C2CC(O)CN2C(=O)C(NC(=O)COCCCOCCOc2cc(F)c(C3c4[nH]c5ccccc5c4CC(C)N3CC(C)(C)F)c(F)c2)C(C)(C)C)cc1. The van der Waals surface area contributed by atoms with E-state index in [0.29, 0.717) is 18.5 Å². The molecule has 2 aliphatic heterocycles. The number of rotatable bonds is 19. The van der Waals surface area contributed by atoms with Gasteiger partial charge in [-0.05, 0) is 68.7 Å². The number of fused-ring (bicyclic) bond motifs is 3. The van der Waals surface area contributed by atoms with Crippen LogP contribution in [0.2, 0.25) is 0 Å². The Balaban J connectivity index is 0.844. The summed E-state index contributed by atoms with van der Waals surface area (Å²) in [5.41, 5.74) is 4.59. The largest absolute Gasteiger partial charge is 0.491 e. The molecule has 2 aromatic heterocycles. The third-order valence-corrected chi connectivity index (χ3v) is 13.4. The summed E-state index contributed by atoms with van der Waals surface area (Å²) in [6.45, 7) is 12.6. The molecule has 3 amide bonds. The van der Waals surface area contributed by atoms with Crippen molar-refractivity contribution in [2.75, 3.05) is 46.1 Å². The number of carbonyl (C=O) groups excluding carboxylic acids is 3. The number of aliphatic hydroxyl groups is 1. The Morgan fingerprint density at radius 1 is 0.985 bits per heavy atom. The molecule has 366 valence electrons. The smallest absolute Gasteiger partial charge is 0.246 e. The van der Waals surface area contributed by atoms with Crippen LogP contribution in [0.25, 0.3) is 21.3 Å². The van der Waals surface area contributed by atoms with Gasteiger partial charge in [0.2, 0.25) is 17.7 Å². The number of nitrogens with zero attached hydrogens (tertiary/aromatic N) is 3. The lowest BCUT2D eigenvalue weighted by molar-refractivity contribution is -0.144. The van der Waals surface area contributed by atoms with Crippen LogP contribution in [0, 0.1) is 24.0 Å². The summed E-state index contributed by atoms with van der Waals surface area (Å²) in [4.78, 5) is 52.4. The normalized spacial score (nSPS) is 19.2. The molecule has 1 saturated heterocycles. The third-order valence-electron chi connectivity index (χ3n) is 12.4. The van der Waals surface area contributed by atoms with Crippen LogP contribution in [0.1, 0.15) is 88.5 Å². The zero-order valence-electron chi connectivity index (χ0n) is 39.8. The number of hydrogen-bond acceptors (Lipinski definition) is 10. The van der Waals surface area contributed by atoms with E-state index in [9.17, 15) is 19.5 Å². The zero-order valence-corrected chi connectivity index (χ0v) is 40.6. The summed E-state index contributed by atoms with van der Waals surface area (Å²) >= 11 is 1.56. The van der Waals surface area contributed by atoms with Gasteiger partial charge in [-0.15, -0.1) is 11.3 Å². The number of β-amino-alcohol motifs (C(OH)–C–C–N with tert-alkyl or cyclic N) is 1. The fraction of sp³-hybridized carbons (Fsp3) is 0.490. The van der Waals surface area contributed by atoms with Crippen LogP contribution in [-0.4, -0.2) is 119 Å². The number of nitrogens with one attached hydrogen (secondary N) is 3. The number of aryl methyl sites for hydroxylation is 1. The van der Waals surface area contributed by atoms with Gasteiger partial charge in [0, 0.05) is 79.6 Å². The van der Waals surface area contributed by atoms with Crippen molar-refractivity contribution in [2.24, 2.45) is 5.41 Å². The van der Waals surface area contributed by atoms with E-state index in [1.165, 1.54) is 18.7 Å². The van der Waals surface area contributed by atoms with Crippen LogP contribution in [0.3, 0.4) is 0 Å². The van der Waals surface area contributed by atoms with Crippen LogP contribution >= 0.6 is 11.3 Å². The Labute approximate surface area is 399 Å². The first-order chi connectivity index (χ1) is 32.3. The maximum atomic E-state index is 16.0. The van der Waals surface area contributed by atoms with E-state index in [2.05, 4.69) is 20.6 Å². The van der Waals surface area contributed by atoms with Gasteiger partial charge in [0.25, 0.3) is 0 Å². The van der Waals surface area contributed by atoms with Crippen molar-refractivity contribution in [1.29, 1.82) is 0 Å². The summed E-state index contributed by atoms with van der Waals surface area (Å²) in [7, 11) is 0. The fourth-order valence-corrected chi connectivity index (χ4v) is 9.95. The van der Waals surface area contributed by atoms with Gasteiger partial charge < -0.3 is 39.8 Å². The number of benzene rings is 3. The topological polar surface area (TPSA) is 158 Å². The van der Waals surface area contributed by atoms with Crippen LogP contribution in [0.15, 0.2) is 66.2 Å². The first-order valence-electron chi connectivity index (χ1n) is 23.2. The number of thiazole rings is 1. The van der Waals surface area contributed by atoms with Crippen LogP contribution in [-0.2, 0) is 36.8 Å². The van der Waals surface area contributed by atoms with Crippen LogP contribution < -0.4 is 15.4 Å². The first-order valence-corrected chi connectivity index (χ1v) is 24.0. The van der Waals surface area contributed by atoms with Crippen LogP contribution in [0.5, 0.6) is 5.75 Å². The Morgan fingerprint density at radius 3 is 2.37 bits per heavy atom. The predicted molar refractivity (Wildman–Crippen MR) is 255 cm³/mol. The highest BCUT2D eigenvalue weighted by Gasteiger charge is 2.45. The second-order valence-corrected chi connectivity index (χ2v) is 20.4. The van der Waals surface area contributed by atoms with Gasteiger partial charge >= 0.3 is 0 Å². The summed E-state index contributed by atoms with van der Waals surface area (Å²) < 4.78 is 64.1. The number of ether oxygens (including phenoxy) is 3. The van der Waals surface area contributed by atoms with Gasteiger partial charge in [-0.3, -0.25) is 19.3 Å². The lowest BCUT2D eigenvalue weighted by Gasteiger charge is -2.43. The summed E-state index contributed by atoms with van der Waals surface area (Å²) in [5, 5.41) is 17.2. The molecule has 1 fully saturated rings. The molecule has 13 nitrogen and oxygen atoms in total. The molecule has 4 N–H and O–H groups in total.